The lowest BCUT2D eigenvalue weighted by Crippen LogP contribution is -2.36. The number of nitrogens with zero attached hydrogens (tertiary/aromatic N) is 2. The molecule has 2 heterocycles. The highest BCUT2D eigenvalue weighted by molar-refractivity contribution is 7.10. The topological polar surface area (TPSA) is 80.9 Å². The summed E-state index contributed by atoms with van der Waals surface area (Å²) in [7, 11) is 0. The van der Waals surface area contributed by atoms with E-state index in [0.717, 1.165) is 12.8 Å². The molecule has 0 saturated carbocycles. The number of nitrogens with one attached hydrogen (secondary N) is 1. The Morgan fingerprint density at radius 2 is 2.22 bits per heavy atom. The van der Waals surface area contributed by atoms with Crippen molar-refractivity contribution in [2.24, 2.45) is 0 Å². The van der Waals surface area contributed by atoms with Gasteiger partial charge in [0.2, 0.25) is 0 Å². The molecule has 0 aliphatic heterocycles. The number of hydrogen-bond acceptors (Lipinski definition) is 5. The van der Waals surface area contributed by atoms with Crippen LogP contribution in [0.25, 0.3) is 0 Å². The van der Waals surface area contributed by atoms with Crippen LogP contribution in [0.4, 0.5) is 5.82 Å². The third-order valence-electron chi connectivity index (χ3n) is 3.01. The van der Waals surface area contributed by atoms with Gasteiger partial charge in [-0.2, -0.15) is 0 Å². The Morgan fingerprint density at radius 1 is 1.39 bits per heavy atom. The van der Waals surface area contributed by atoms with Gasteiger partial charge in [-0.15, -0.1) is 11.3 Å². The van der Waals surface area contributed by atoms with Crippen molar-refractivity contribution in [1.82, 2.24) is 15.3 Å². The zero-order valence-corrected chi connectivity index (χ0v) is 10.4. The van der Waals surface area contributed by atoms with E-state index < -0.39 is 0 Å². The standard InChI is InChI=1S/C12H12N4OS/c13-11-10(14-2-3-15-11)12(17)16-8-5-7-1-4-18-9(7)6-8/h1-4,8H,5-6H2,(H2,13,15)(H,16,17). The molecule has 1 aliphatic carbocycles. The molecule has 92 valence electrons. The maximum Gasteiger partial charge on any atom is 0.273 e. The molecule has 0 fully saturated rings. The zero-order valence-electron chi connectivity index (χ0n) is 9.59. The summed E-state index contributed by atoms with van der Waals surface area (Å²) in [6.07, 6.45) is 4.71. The van der Waals surface area contributed by atoms with E-state index in [4.69, 9.17) is 5.73 Å². The van der Waals surface area contributed by atoms with E-state index >= 15 is 0 Å². The second-order valence-electron chi connectivity index (χ2n) is 4.24. The van der Waals surface area contributed by atoms with Gasteiger partial charge in [0.1, 0.15) is 0 Å². The van der Waals surface area contributed by atoms with Gasteiger partial charge in [0, 0.05) is 29.7 Å². The number of nitrogens with two attached hydrogens (primary N) is 1. The summed E-state index contributed by atoms with van der Waals surface area (Å²) >= 11 is 1.74. The average Bonchev–Trinajstić information content (AvgIpc) is 2.90. The summed E-state index contributed by atoms with van der Waals surface area (Å²) in [4.78, 5) is 21.2. The van der Waals surface area contributed by atoms with E-state index in [0.29, 0.717) is 0 Å². The summed E-state index contributed by atoms with van der Waals surface area (Å²) in [5, 5.41) is 5.04. The molecule has 0 saturated heterocycles. The van der Waals surface area contributed by atoms with Gasteiger partial charge >= 0.3 is 0 Å². The van der Waals surface area contributed by atoms with Gasteiger partial charge < -0.3 is 11.1 Å². The average molecular weight is 260 g/mol. The van der Waals surface area contributed by atoms with Crippen LogP contribution >= 0.6 is 11.3 Å². The molecule has 1 atom stereocenters. The fraction of sp³-hybridized carbons (Fsp3) is 0.250. The first-order valence-corrected chi connectivity index (χ1v) is 6.54. The Balaban J connectivity index is 1.70. The maximum absolute atomic E-state index is 12.0. The third-order valence-corrected chi connectivity index (χ3v) is 4.00. The fourth-order valence-electron chi connectivity index (χ4n) is 2.17. The molecule has 2 aromatic heterocycles. The number of anilines is 1. The summed E-state index contributed by atoms with van der Waals surface area (Å²) in [6, 6.07) is 2.25. The second kappa shape index (κ2) is 4.38. The number of aromatic nitrogens is 2. The monoisotopic (exact) mass is 260 g/mol. The van der Waals surface area contributed by atoms with Crippen molar-refractivity contribution in [3.8, 4) is 0 Å². The van der Waals surface area contributed by atoms with Gasteiger partial charge in [-0.3, -0.25) is 4.79 Å². The van der Waals surface area contributed by atoms with E-state index in [1.165, 1.54) is 22.8 Å². The van der Waals surface area contributed by atoms with Crippen molar-refractivity contribution < 1.29 is 4.79 Å². The number of carbonyl (C=O) groups is 1. The largest absolute Gasteiger partial charge is 0.382 e. The van der Waals surface area contributed by atoms with Crippen LogP contribution in [0.2, 0.25) is 0 Å². The molecule has 5 nitrogen and oxygen atoms in total. The highest BCUT2D eigenvalue weighted by Gasteiger charge is 2.25. The van der Waals surface area contributed by atoms with Crippen LogP contribution in [0.15, 0.2) is 23.8 Å². The zero-order chi connectivity index (χ0) is 12.5. The molecule has 1 aliphatic rings. The molecular weight excluding hydrogens is 248 g/mol. The molecule has 18 heavy (non-hydrogen) atoms. The number of carbonyl (C=O) groups excluding carboxylic acids is 1. The van der Waals surface area contributed by atoms with Crippen molar-refractivity contribution >= 4 is 23.1 Å². The van der Waals surface area contributed by atoms with Gasteiger partial charge in [-0.25, -0.2) is 9.97 Å². The second-order valence-corrected chi connectivity index (χ2v) is 5.24. The number of fused-ring (bicyclic) bond motifs is 1. The molecule has 1 unspecified atom stereocenters. The van der Waals surface area contributed by atoms with Crippen molar-refractivity contribution in [3.05, 3.63) is 40.0 Å². The smallest absolute Gasteiger partial charge is 0.273 e. The predicted octanol–water partition coefficient (Wildman–Crippen LogP) is 1.02. The molecular formula is C12H12N4OS. The summed E-state index contributed by atoms with van der Waals surface area (Å²) in [5.41, 5.74) is 7.16. The quantitative estimate of drug-likeness (QED) is 0.844. The van der Waals surface area contributed by atoms with E-state index in [2.05, 4.69) is 26.7 Å². The summed E-state index contributed by atoms with van der Waals surface area (Å²) in [5.74, 6) is -0.0801. The molecule has 0 aromatic carbocycles. The number of hydrogen-bond donors (Lipinski definition) is 2. The Kier molecular flexibility index (Phi) is 2.71. The summed E-state index contributed by atoms with van der Waals surface area (Å²) < 4.78 is 0. The van der Waals surface area contributed by atoms with E-state index in [1.807, 2.05) is 0 Å². The van der Waals surface area contributed by atoms with Crippen molar-refractivity contribution in [3.63, 3.8) is 0 Å². The summed E-state index contributed by atoms with van der Waals surface area (Å²) in [6.45, 7) is 0. The van der Waals surface area contributed by atoms with E-state index in [9.17, 15) is 4.79 Å². The van der Waals surface area contributed by atoms with Gasteiger partial charge in [0.15, 0.2) is 11.5 Å². The van der Waals surface area contributed by atoms with E-state index in [-0.39, 0.29) is 23.5 Å². The molecule has 2 aromatic rings. The lowest BCUT2D eigenvalue weighted by Gasteiger charge is -2.12. The van der Waals surface area contributed by atoms with Crippen LogP contribution in [0.3, 0.4) is 0 Å². The lowest BCUT2D eigenvalue weighted by molar-refractivity contribution is 0.0934. The molecule has 0 spiro atoms. The maximum atomic E-state index is 12.0. The van der Waals surface area contributed by atoms with Crippen molar-refractivity contribution in [2.75, 3.05) is 5.73 Å². The minimum absolute atomic E-state index is 0.140. The van der Waals surface area contributed by atoms with Crippen LogP contribution in [0.5, 0.6) is 0 Å². The van der Waals surface area contributed by atoms with Crippen molar-refractivity contribution in [1.29, 1.82) is 0 Å². The highest BCUT2D eigenvalue weighted by atomic mass is 32.1. The number of rotatable bonds is 2. The van der Waals surface area contributed by atoms with Crippen LogP contribution in [-0.2, 0) is 12.8 Å². The lowest BCUT2D eigenvalue weighted by atomic mass is 10.2. The van der Waals surface area contributed by atoms with Crippen LogP contribution in [-0.4, -0.2) is 21.9 Å². The molecule has 3 N–H and O–H groups in total. The van der Waals surface area contributed by atoms with Gasteiger partial charge in [-0.1, -0.05) is 0 Å². The van der Waals surface area contributed by atoms with Crippen molar-refractivity contribution in [2.45, 2.75) is 18.9 Å². The van der Waals surface area contributed by atoms with Crippen LogP contribution in [0.1, 0.15) is 20.9 Å². The Labute approximate surface area is 108 Å². The van der Waals surface area contributed by atoms with Gasteiger partial charge in [-0.05, 0) is 23.4 Å². The molecule has 0 bridgehead atoms. The molecule has 3 rings (SSSR count). The fourth-order valence-corrected chi connectivity index (χ4v) is 3.17. The van der Waals surface area contributed by atoms with Gasteiger partial charge in [0.05, 0.1) is 0 Å². The Morgan fingerprint density at radius 3 is 3.00 bits per heavy atom. The highest BCUT2D eigenvalue weighted by Crippen LogP contribution is 2.27. The normalized spacial score (nSPS) is 17.4. The number of thiophene rings is 1. The number of amides is 1. The molecule has 0 radical (unpaired) electrons. The molecule has 6 heteroatoms. The van der Waals surface area contributed by atoms with Gasteiger partial charge in [0.25, 0.3) is 5.91 Å². The predicted molar refractivity (Wildman–Crippen MR) is 69.4 cm³/mol. The van der Waals surface area contributed by atoms with Crippen LogP contribution in [0, 0.1) is 0 Å². The minimum Gasteiger partial charge on any atom is -0.382 e. The Bertz CT molecular complexity index is 575. The third kappa shape index (κ3) is 1.95. The number of nitrogen functional groups attached to an aromatic ring is 1. The Hall–Kier alpha value is -1.95. The molecule has 1 amide bonds. The first-order chi connectivity index (χ1) is 8.74. The first-order valence-electron chi connectivity index (χ1n) is 5.66. The first kappa shape index (κ1) is 11.2. The van der Waals surface area contributed by atoms with E-state index in [1.54, 1.807) is 11.3 Å². The SMILES string of the molecule is Nc1nccnc1C(=O)NC1Cc2ccsc2C1. The minimum atomic E-state index is -0.249. The van der Waals surface area contributed by atoms with Crippen LogP contribution < -0.4 is 11.1 Å².